The third kappa shape index (κ3) is 1.24. The quantitative estimate of drug-likeness (QED) is 0.704. The van der Waals surface area contributed by atoms with Gasteiger partial charge in [-0.1, -0.05) is 6.58 Å². The molecule has 0 aromatic carbocycles. The Morgan fingerprint density at radius 2 is 2.31 bits per heavy atom. The van der Waals surface area contributed by atoms with Crippen LogP contribution in [0.15, 0.2) is 25.0 Å². The van der Waals surface area contributed by atoms with Gasteiger partial charge in [-0.3, -0.25) is 0 Å². The Hall–Kier alpha value is -1.57. The lowest BCUT2D eigenvalue weighted by Crippen LogP contribution is -1.79. The number of allylic oxidation sites excluding steroid dienone is 1. The van der Waals surface area contributed by atoms with E-state index in [0.29, 0.717) is 0 Å². The molecule has 2 nitrogen and oxygen atoms in total. The van der Waals surface area contributed by atoms with Crippen LogP contribution in [0.4, 0.5) is 0 Å². The van der Waals surface area contributed by atoms with Crippen molar-refractivity contribution in [2.75, 3.05) is 0 Å². The lowest BCUT2D eigenvalue weighted by Gasteiger charge is -1.96. The highest BCUT2D eigenvalue weighted by atomic mass is 14.8. The molecule has 2 aromatic heterocycles. The predicted octanol–water partition coefficient (Wildman–Crippen LogP) is 2.90. The molecule has 0 amide bonds. The van der Waals surface area contributed by atoms with Crippen LogP contribution in [0.25, 0.3) is 16.6 Å². The zero-order valence-corrected chi connectivity index (χ0v) is 7.89. The molecule has 0 unspecified atom stereocenters. The first kappa shape index (κ1) is 8.05. The SMILES string of the molecule is C=C(C)c1c[nH]c2ncc(C)cc12. The van der Waals surface area contributed by atoms with Crippen LogP contribution in [0.2, 0.25) is 0 Å². The second-order valence-corrected chi connectivity index (χ2v) is 3.39. The maximum Gasteiger partial charge on any atom is 0.137 e. The van der Waals surface area contributed by atoms with Crippen molar-refractivity contribution in [3.05, 3.63) is 36.2 Å². The highest BCUT2D eigenvalue weighted by Crippen LogP contribution is 2.22. The first-order valence-electron chi connectivity index (χ1n) is 4.28. The molecular weight excluding hydrogens is 160 g/mol. The van der Waals surface area contributed by atoms with Gasteiger partial charge in [0.05, 0.1) is 0 Å². The summed E-state index contributed by atoms with van der Waals surface area (Å²) in [5.41, 5.74) is 4.34. The molecule has 2 rings (SSSR count). The maximum absolute atomic E-state index is 4.29. The zero-order chi connectivity index (χ0) is 9.42. The third-order valence-corrected chi connectivity index (χ3v) is 2.13. The minimum absolute atomic E-state index is 0.934. The van der Waals surface area contributed by atoms with Crippen LogP contribution in [0.1, 0.15) is 18.1 Å². The van der Waals surface area contributed by atoms with Crippen molar-refractivity contribution < 1.29 is 0 Å². The Balaban J connectivity index is 2.79. The number of hydrogen-bond acceptors (Lipinski definition) is 1. The summed E-state index contributed by atoms with van der Waals surface area (Å²) < 4.78 is 0. The van der Waals surface area contributed by atoms with Gasteiger partial charge in [-0.05, 0) is 31.1 Å². The van der Waals surface area contributed by atoms with Gasteiger partial charge in [0, 0.05) is 23.3 Å². The van der Waals surface area contributed by atoms with Gasteiger partial charge in [0.2, 0.25) is 0 Å². The van der Waals surface area contributed by atoms with Crippen LogP contribution in [0.5, 0.6) is 0 Å². The minimum Gasteiger partial charge on any atom is -0.346 e. The molecule has 0 aliphatic rings. The van der Waals surface area contributed by atoms with Gasteiger partial charge in [-0.2, -0.15) is 0 Å². The first-order valence-corrected chi connectivity index (χ1v) is 4.28. The summed E-state index contributed by atoms with van der Waals surface area (Å²) in [4.78, 5) is 7.41. The number of aromatic nitrogens is 2. The van der Waals surface area contributed by atoms with E-state index in [4.69, 9.17) is 0 Å². The van der Waals surface area contributed by atoms with E-state index in [1.54, 1.807) is 0 Å². The number of aryl methyl sites for hydroxylation is 1. The average molecular weight is 172 g/mol. The molecule has 0 saturated heterocycles. The van der Waals surface area contributed by atoms with Crippen molar-refractivity contribution >= 4 is 16.6 Å². The molecule has 13 heavy (non-hydrogen) atoms. The summed E-state index contributed by atoms with van der Waals surface area (Å²) in [6.45, 7) is 7.98. The minimum atomic E-state index is 0.934. The van der Waals surface area contributed by atoms with E-state index >= 15 is 0 Å². The monoisotopic (exact) mass is 172 g/mol. The molecule has 0 aliphatic heterocycles. The number of fused-ring (bicyclic) bond motifs is 1. The second-order valence-electron chi connectivity index (χ2n) is 3.39. The molecule has 0 spiro atoms. The fourth-order valence-electron chi connectivity index (χ4n) is 1.46. The van der Waals surface area contributed by atoms with Gasteiger partial charge in [-0.25, -0.2) is 4.98 Å². The highest BCUT2D eigenvalue weighted by Gasteiger charge is 2.04. The fourth-order valence-corrected chi connectivity index (χ4v) is 1.46. The Bertz CT molecular complexity index is 466. The highest BCUT2D eigenvalue weighted by molar-refractivity contribution is 5.89. The smallest absolute Gasteiger partial charge is 0.137 e. The number of hydrogen-bond donors (Lipinski definition) is 1. The van der Waals surface area contributed by atoms with E-state index in [1.807, 2.05) is 26.2 Å². The van der Waals surface area contributed by atoms with E-state index in [2.05, 4.69) is 22.6 Å². The average Bonchev–Trinajstić information content (AvgIpc) is 2.46. The molecule has 0 saturated carbocycles. The number of aromatic amines is 1. The van der Waals surface area contributed by atoms with Crippen LogP contribution in [-0.4, -0.2) is 9.97 Å². The van der Waals surface area contributed by atoms with Crippen molar-refractivity contribution in [3.8, 4) is 0 Å². The molecule has 2 heterocycles. The van der Waals surface area contributed by atoms with Gasteiger partial charge in [0.1, 0.15) is 5.65 Å². The Kier molecular flexibility index (Phi) is 1.69. The van der Waals surface area contributed by atoms with Crippen LogP contribution < -0.4 is 0 Å². The lowest BCUT2D eigenvalue weighted by atomic mass is 10.1. The Labute approximate surface area is 77.3 Å². The normalized spacial score (nSPS) is 10.6. The molecular formula is C11H12N2. The summed E-state index contributed by atoms with van der Waals surface area (Å²) in [5.74, 6) is 0. The van der Waals surface area contributed by atoms with Crippen LogP contribution >= 0.6 is 0 Å². The number of nitrogens with zero attached hydrogens (tertiary/aromatic N) is 1. The molecule has 2 aromatic rings. The predicted molar refractivity (Wildman–Crippen MR) is 55.5 cm³/mol. The third-order valence-electron chi connectivity index (χ3n) is 2.13. The van der Waals surface area contributed by atoms with Crippen molar-refractivity contribution in [1.82, 2.24) is 9.97 Å². The van der Waals surface area contributed by atoms with Crippen molar-refractivity contribution in [2.45, 2.75) is 13.8 Å². The van der Waals surface area contributed by atoms with Gasteiger partial charge in [0.15, 0.2) is 0 Å². The van der Waals surface area contributed by atoms with E-state index in [0.717, 1.165) is 22.2 Å². The first-order chi connectivity index (χ1) is 6.18. The maximum atomic E-state index is 4.29. The largest absolute Gasteiger partial charge is 0.346 e. The summed E-state index contributed by atoms with van der Waals surface area (Å²) >= 11 is 0. The Morgan fingerprint density at radius 1 is 1.54 bits per heavy atom. The number of pyridine rings is 1. The number of rotatable bonds is 1. The number of nitrogens with one attached hydrogen (secondary N) is 1. The topological polar surface area (TPSA) is 28.7 Å². The molecule has 0 bridgehead atoms. The van der Waals surface area contributed by atoms with Gasteiger partial charge >= 0.3 is 0 Å². The van der Waals surface area contributed by atoms with E-state index in [9.17, 15) is 0 Å². The van der Waals surface area contributed by atoms with Crippen molar-refractivity contribution in [3.63, 3.8) is 0 Å². The van der Waals surface area contributed by atoms with Crippen molar-refractivity contribution in [2.24, 2.45) is 0 Å². The zero-order valence-electron chi connectivity index (χ0n) is 7.89. The van der Waals surface area contributed by atoms with Gasteiger partial charge in [-0.15, -0.1) is 0 Å². The van der Waals surface area contributed by atoms with Crippen molar-refractivity contribution in [1.29, 1.82) is 0 Å². The van der Waals surface area contributed by atoms with Crippen LogP contribution in [0, 0.1) is 6.92 Å². The molecule has 0 fully saturated rings. The molecule has 66 valence electrons. The van der Waals surface area contributed by atoms with Gasteiger partial charge < -0.3 is 4.98 Å². The molecule has 2 heteroatoms. The standard InChI is InChI=1S/C11H12N2/c1-7(2)10-6-13-11-9(10)4-8(3)5-12-11/h4-6H,1H2,2-3H3,(H,12,13). The lowest BCUT2D eigenvalue weighted by molar-refractivity contribution is 1.29. The van der Waals surface area contributed by atoms with Crippen LogP contribution in [0.3, 0.4) is 0 Å². The summed E-state index contributed by atoms with van der Waals surface area (Å²) in [6.07, 6.45) is 3.82. The summed E-state index contributed by atoms with van der Waals surface area (Å²) in [7, 11) is 0. The Morgan fingerprint density at radius 3 is 3.00 bits per heavy atom. The van der Waals surface area contributed by atoms with E-state index < -0.39 is 0 Å². The van der Waals surface area contributed by atoms with Crippen LogP contribution in [-0.2, 0) is 0 Å². The summed E-state index contributed by atoms with van der Waals surface area (Å²) in [5, 5.41) is 1.16. The van der Waals surface area contributed by atoms with E-state index in [-0.39, 0.29) is 0 Å². The molecule has 0 atom stereocenters. The number of H-pyrrole nitrogens is 1. The fraction of sp³-hybridized carbons (Fsp3) is 0.182. The molecule has 0 aliphatic carbocycles. The van der Waals surface area contributed by atoms with Gasteiger partial charge in [0.25, 0.3) is 0 Å². The molecule has 1 N–H and O–H groups in total. The van der Waals surface area contributed by atoms with E-state index in [1.165, 1.54) is 5.56 Å². The summed E-state index contributed by atoms with van der Waals surface area (Å²) in [6, 6.07) is 2.13. The second kappa shape index (κ2) is 2.73. The molecule has 0 radical (unpaired) electrons.